The molecule has 0 aromatic carbocycles. The van der Waals surface area contributed by atoms with E-state index in [1.807, 2.05) is 27.7 Å². The number of nitrogens with zero attached hydrogens (tertiary/aromatic N) is 1. The molecule has 1 rings (SSSR count). The summed E-state index contributed by atoms with van der Waals surface area (Å²) in [6, 6.07) is 1.95. The van der Waals surface area contributed by atoms with Crippen LogP contribution in [-0.4, -0.2) is 28.6 Å². The van der Waals surface area contributed by atoms with Gasteiger partial charge in [-0.25, -0.2) is 0 Å². The van der Waals surface area contributed by atoms with Crippen molar-refractivity contribution in [1.29, 1.82) is 0 Å². The van der Waals surface area contributed by atoms with E-state index < -0.39 is 0 Å². The SMILES string of the molecule is CC(N)CCSCC(=O)Nc1cc(C(C)(C)C)no1. The monoisotopic (exact) mass is 285 g/mol. The zero-order chi connectivity index (χ0) is 14.5. The van der Waals surface area contributed by atoms with Gasteiger partial charge in [-0.2, -0.15) is 11.8 Å². The number of hydrogen-bond donors (Lipinski definition) is 2. The number of anilines is 1. The molecule has 3 N–H and O–H groups in total. The third-order valence-electron chi connectivity index (χ3n) is 2.49. The second-order valence-electron chi connectivity index (χ2n) is 5.69. The van der Waals surface area contributed by atoms with E-state index in [1.165, 1.54) is 0 Å². The van der Waals surface area contributed by atoms with E-state index in [0.29, 0.717) is 11.6 Å². The van der Waals surface area contributed by atoms with E-state index in [-0.39, 0.29) is 17.4 Å². The molecule has 1 aromatic rings. The summed E-state index contributed by atoms with van der Waals surface area (Å²) in [5, 5.41) is 6.65. The molecule has 0 saturated carbocycles. The van der Waals surface area contributed by atoms with E-state index >= 15 is 0 Å². The summed E-state index contributed by atoms with van der Waals surface area (Å²) < 4.78 is 5.10. The van der Waals surface area contributed by atoms with Crippen molar-refractivity contribution < 1.29 is 9.32 Å². The largest absolute Gasteiger partial charge is 0.338 e. The van der Waals surface area contributed by atoms with Crippen LogP contribution in [0.1, 0.15) is 39.8 Å². The Morgan fingerprint density at radius 2 is 2.26 bits per heavy atom. The van der Waals surface area contributed by atoms with Gasteiger partial charge in [-0.3, -0.25) is 10.1 Å². The molecule has 0 aliphatic heterocycles. The van der Waals surface area contributed by atoms with Crippen LogP contribution in [0.3, 0.4) is 0 Å². The van der Waals surface area contributed by atoms with Gasteiger partial charge in [0, 0.05) is 17.5 Å². The summed E-state index contributed by atoms with van der Waals surface area (Å²) in [4.78, 5) is 11.7. The van der Waals surface area contributed by atoms with Gasteiger partial charge in [0.15, 0.2) is 0 Å². The van der Waals surface area contributed by atoms with Crippen LogP contribution in [0.2, 0.25) is 0 Å². The Labute approximate surface area is 118 Å². The second-order valence-corrected chi connectivity index (χ2v) is 6.80. The van der Waals surface area contributed by atoms with Gasteiger partial charge in [0.2, 0.25) is 11.8 Å². The maximum absolute atomic E-state index is 11.7. The second kappa shape index (κ2) is 6.96. The molecule has 0 spiro atoms. The molecule has 1 atom stereocenters. The Morgan fingerprint density at radius 3 is 2.79 bits per heavy atom. The van der Waals surface area contributed by atoms with Gasteiger partial charge in [0.05, 0.1) is 11.4 Å². The van der Waals surface area contributed by atoms with Crippen LogP contribution in [0.5, 0.6) is 0 Å². The number of carbonyl (C=O) groups excluding carboxylic acids is 1. The maximum Gasteiger partial charge on any atom is 0.236 e. The molecule has 6 heteroatoms. The molecular weight excluding hydrogens is 262 g/mol. The van der Waals surface area contributed by atoms with Crippen LogP contribution in [0.25, 0.3) is 0 Å². The minimum absolute atomic E-state index is 0.0775. The number of rotatable bonds is 6. The van der Waals surface area contributed by atoms with Crippen molar-refractivity contribution in [2.45, 2.75) is 45.6 Å². The maximum atomic E-state index is 11.7. The number of amides is 1. The first-order valence-corrected chi connectivity index (χ1v) is 7.55. The first-order valence-electron chi connectivity index (χ1n) is 6.39. The molecule has 1 amide bonds. The average Bonchev–Trinajstić information content (AvgIpc) is 2.72. The summed E-state index contributed by atoms with van der Waals surface area (Å²) in [5.74, 6) is 1.61. The minimum atomic E-state index is -0.0848. The van der Waals surface area contributed by atoms with Crippen LogP contribution in [-0.2, 0) is 10.2 Å². The van der Waals surface area contributed by atoms with Gasteiger partial charge in [-0.15, -0.1) is 0 Å². The lowest BCUT2D eigenvalue weighted by molar-refractivity contribution is -0.113. The molecular formula is C13H23N3O2S. The highest BCUT2D eigenvalue weighted by Gasteiger charge is 2.19. The van der Waals surface area contributed by atoms with Crippen molar-refractivity contribution >= 4 is 23.6 Å². The molecule has 1 aromatic heterocycles. The first kappa shape index (κ1) is 16.0. The Bertz CT molecular complexity index is 410. The van der Waals surface area contributed by atoms with Crippen molar-refractivity contribution in [1.82, 2.24) is 5.16 Å². The first-order chi connectivity index (χ1) is 8.79. The molecule has 1 unspecified atom stereocenters. The fourth-order valence-corrected chi connectivity index (χ4v) is 2.24. The Hall–Kier alpha value is -1.01. The summed E-state index contributed by atoms with van der Waals surface area (Å²) in [5.41, 5.74) is 6.38. The Kier molecular flexibility index (Phi) is 5.87. The summed E-state index contributed by atoms with van der Waals surface area (Å²) in [6.45, 7) is 8.09. The smallest absolute Gasteiger partial charge is 0.236 e. The van der Waals surface area contributed by atoms with Gasteiger partial charge in [-0.05, 0) is 19.1 Å². The molecule has 108 valence electrons. The van der Waals surface area contributed by atoms with Gasteiger partial charge in [-0.1, -0.05) is 25.9 Å². The van der Waals surface area contributed by atoms with E-state index in [9.17, 15) is 4.79 Å². The van der Waals surface area contributed by atoms with Gasteiger partial charge >= 0.3 is 0 Å². The fourth-order valence-electron chi connectivity index (χ4n) is 1.30. The van der Waals surface area contributed by atoms with E-state index in [0.717, 1.165) is 17.9 Å². The Morgan fingerprint density at radius 1 is 1.58 bits per heavy atom. The third kappa shape index (κ3) is 6.11. The molecule has 5 nitrogen and oxygen atoms in total. The van der Waals surface area contributed by atoms with Gasteiger partial charge < -0.3 is 10.3 Å². The number of carbonyl (C=O) groups is 1. The zero-order valence-electron chi connectivity index (χ0n) is 12.0. The molecule has 0 radical (unpaired) electrons. The van der Waals surface area contributed by atoms with Crippen molar-refractivity contribution in [2.24, 2.45) is 5.73 Å². The number of thioether (sulfide) groups is 1. The topological polar surface area (TPSA) is 81.2 Å². The van der Waals surface area contributed by atoms with E-state index in [1.54, 1.807) is 17.8 Å². The Balaban J connectivity index is 2.34. The molecule has 0 aliphatic carbocycles. The molecule has 0 aliphatic rings. The van der Waals surface area contributed by atoms with Gasteiger partial charge in [0.1, 0.15) is 0 Å². The lowest BCUT2D eigenvalue weighted by Gasteiger charge is -2.12. The minimum Gasteiger partial charge on any atom is -0.338 e. The van der Waals surface area contributed by atoms with Gasteiger partial charge in [0.25, 0.3) is 0 Å². The van der Waals surface area contributed by atoms with Crippen LogP contribution in [0.4, 0.5) is 5.88 Å². The quantitative estimate of drug-likeness (QED) is 0.784. The highest BCUT2D eigenvalue weighted by atomic mass is 32.2. The lowest BCUT2D eigenvalue weighted by atomic mass is 9.92. The van der Waals surface area contributed by atoms with Crippen molar-refractivity contribution in [2.75, 3.05) is 16.8 Å². The standard InChI is InChI=1S/C13H23N3O2S/c1-9(14)5-6-19-8-11(17)15-12-7-10(16-18-12)13(2,3)4/h7,9H,5-6,8,14H2,1-4H3,(H,15,17). The van der Waals surface area contributed by atoms with Crippen LogP contribution in [0.15, 0.2) is 10.6 Å². The molecule has 0 bridgehead atoms. The normalized spacial score (nSPS) is 13.3. The number of hydrogen-bond acceptors (Lipinski definition) is 5. The average molecular weight is 285 g/mol. The zero-order valence-corrected chi connectivity index (χ0v) is 12.8. The van der Waals surface area contributed by atoms with E-state index in [2.05, 4.69) is 10.5 Å². The highest BCUT2D eigenvalue weighted by Crippen LogP contribution is 2.23. The van der Waals surface area contributed by atoms with Crippen LogP contribution in [0, 0.1) is 0 Å². The fraction of sp³-hybridized carbons (Fsp3) is 0.692. The van der Waals surface area contributed by atoms with Crippen LogP contribution >= 0.6 is 11.8 Å². The van der Waals surface area contributed by atoms with Crippen LogP contribution < -0.4 is 11.1 Å². The number of nitrogens with two attached hydrogens (primary N) is 1. The summed E-state index contributed by atoms with van der Waals surface area (Å²) >= 11 is 1.57. The lowest BCUT2D eigenvalue weighted by Crippen LogP contribution is -2.17. The van der Waals surface area contributed by atoms with Crippen molar-refractivity contribution in [3.63, 3.8) is 0 Å². The summed E-state index contributed by atoms with van der Waals surface area (Å²) in [6.07, 6.45) is 0.911. The molecule has 1 heterocycles. The number of nitrogens with one attached hydrogen (secondary N) is 1. The predicted molar refractivity (Wildman–Crippen MR) is 79.4 cm³/mol. The number of aromatic nitrogens is 1. The predicted octanol–water partition coefficient (Wildman–Crippen LogP) is 2.38. The molecule has 0 fully saturated rings. The molecule has 19 heavy (non-hydrogen) atoms. The highest BCUT2D eigenvalue weighted by molar-refractivity contribution is 7.99. The summed E-state index contributed by atoms with van der Waals surface area (Å²) in [7, 11) is 0. The molecule has 0 saturated heterocycles. The van der Waals surface area contributed by atoms with Crippen molar-refractivity contribution in [3.8, 4) is 0 Å². The van der Waals surface area contributed by atoms with E-state index in [4.69, 9.17) is 10.3 Å². The third-order valence-corrected chi connectivity index (χ3v) is 3.48. The van der Waals surface area contributed by atoms with Crippen molar-refractivity contribution in [3.05, 3.63) is 11.8 Å².